The van der Waals surface area contributed by atoms with Crippen LogP contribution in [0.25, 0.3) is 11.2 Å². The molecule has 7 heteroatoms. The molecule has 2 aromatic rings. The second-order valence-corrected chi connectivity index (χ2v) is 7.72. The van der Waals surface area contributed by atoms with Crippen LogP contribution in [0.1, 0.15) is 71.1 Å². The predicted molar refractivity (Wildman–Crippen MR) is 110 cm³/mol. The smallest absolute Gasteiger partial charge is 0.329 e. The van der Waals surface area contributed by atoms with E-state index in [9.17, 15) is 9.59 Å². The number of hydrogen-bond donors (Lipinski definition) is 1. The molecule has 0 aromatic carbocycles. The minimum absolute atomic E-state index is 0.327. The monoisotopic (exact) mass is 375 g/mol. The number of rotatable bonds is 9. The fourth-order valence-electron chi connectivity index (χ4n) is 4.00. The molecule has 0 radical (unpaired) electrons. The zero-order valence-electron chi connectivity index (χ0n) is 16.8. The minimum atomic E-state index is -0.404. The molecule has 27 heavy (non-hydrogen) atoms. The van der Waals surface area contributed by atoms with Gasteiger partial charge < -0.3 is 9.47 Å². The number of H-pyrrole nitrogens is 1. The van der Waals surface area contributed by atoms with Crippen molar-refractivity contribution in [1.29, 1.82) is 0 Å². The summed E-state index contributed by atoms with van der Waals surface area (Å²) >= 11 is 0. The Hall–Kier alpha value is -2.05. The lowest BCUT2D eigenvalue weighted by atomic mass is 10.1. The van der Waals surface area contributed by atoms with Crippen molar-refractivity contribution in [3.8, 4) is 0 Å². The Balaban J connectivity index is 1.83. The van der Waals surface area contributed by atoms with Crippen LogP contribution >= 0.6 is 0 Å². The van der Waals surface area contributed by atoms with Crippen molar-refractivity contribution < 1.29 is 0 Å². The van der Waals surface area contributed by atoms with Crippen LogP contribution in [0, 0.1) is 0 Å². The Kier molecular flexibility index (Phi) is 6.74. The number of nitrogens with zero attached hydrogens (tertiary/aromatic N) is 4. The number of imidazole rings is 1. The fraction of sp³-hybridized carbons (Fsp3) is 0.750. The quantitative estimate of drug-likeness (QED) is 0.683. The summed E-state index contributed by atoms with van der Waals surface area (Å²) in [5.41, 5.74) is 0.293. The molecule has 1 saturated heterocycles. The van der Waals surface area contributed by atoms with Crippen molar-refractivity contribution in [1.82, 2.24) is 19.1 Å². The van der Waals surface area contributed by atoms with E-state index in [2.05, 4.69) is 16.8 Å². The molecule has 1 aliphatic rings. The molecule has 1 aliphatic heterocycles. The molecule has 0 aliphatic carbocycles. The Morgan fingerprint density at radius 3 is 2.33 bits per heavy atom. The van der Waals surface area contributed by atoms with E-state index < -0.39 is 5.69 Å². The second-order valence-electron chi connectivity index (χ2n) is 7.72. The number of aromatic nitrogens is 4. The van der Waals surface area contributed by atoms with Crippen molar-refractivity contribution in [2.75, 3.05) is 18.0 Å². The van der Waals surface area contributed by atoms with Gasteiger partial charge in [-0.2, -0.15) is 4.98 Å². The highest BCUT2D eigenvalue weighted by Gasteiger charge is 2.22. The summed E-state index contributed by atoms with van der Waals surface area (Å²) in [5, 5.41) is 0. The first kappa shape index (κ1) is 19.7. The molecule has 0 unspecified atom stereocenters. The third kappa shape index (κ3) is 4.45. The summed E-state index contributed by atoms with van der Waals surface area (Å²) < 4.78 is 3.50. The molecule has 0 saturated carbocycles. The van der Waals surface area contributed by atoms with E-state index in [1.54, 1.807) is 7.05 Å². The van der Waals surface area contributed by atoms with Crippen LogP contribution in [0.2, 0.25) is 0 Å². The maximum Gasteiger partial charge on any atom is 0.329 e. The summed E-state index contributed by atoms with van der Waals surface area (Å²) in [6.45, 7) is 4.94. The Labute approximate surface area is 160 Å². The van der Waals surface area contributed by atoms with Crippen LogP contribution in [0.15, 0.2) is 9.59 Å². The van der Waals surface area contributed by atoms with Gasteiger partial charge >= 0.3 is 5.69 Å². The molecule has 1 fully saturated rings. The number of nitrogens with one attached hydrogen (secondary N) is 1. The van der Waals surface area contributed by atoms with Gasteiger partial charge in [-0.25, -0.2) is 4.79 Å². The first-order valence-corrected chi connectivity index (χ1v) is 10.6. The lowest BCUT2D eigenvalue weighted by Crippen LogP contribution is -2.32. The molecule has 0 amide bonds. The summed E-state index contributed by atoms with van der Waals surface area (Å²) in [5.74, 6) is 0.849. The first-order chi connectivity index (χ1) is 13.1. The number of piperidine rings is 1. The zero-order chi connectivity index (χ0) is 19.2. The van der Waals surface area contributed by atoms with Gasteiger partial charge in [-0.3, -0.25) is 14.3 Å². The molecule has 1 N–H and O–H groups in total. The molecule has 3 rings (SSSR count). The summed E-state index contributed by atoms with van der Waals surface area (Å²) in [6, 6.07) is 0. The summed E-state index contributed by atoms with van der Waals surface area (Å²) in [6.07, 6.45) is 12.1. The van der Waals surface area contributed by atoms with E-state index in [0.717, 1.165) is 51.3 Å². The van der Waals surface area contributed by atoms with Gasteiger partial charge in [0.05, 0.1) is 0 Å². The van der Waals surface area contributed by atoms with Crippen molar-refractivity contribution in [2.24, 2.45) is 7.05 Å². The maximum atomic E-state index is 12.5. The third-order valence-electron chi connectivity index (χ3n) is 5.61. The minimum Gasteiger partial charge on any atom is -0.342 e. The summed E-state index contributed by atoms with van der Waals surface area (Å²) in [7, 11) is 1.67. The van der Waals surface area contributed by atoms with Gasteiger partial charge in [0.2, 0.25) is 5.95 Å². The van der Waals surface area contributed by atoms with E-state index in [1.165, 1.54) is 43.1 Å². The van der Waals surface area contributed by atoms with E-state index in [4.69, 9.17) is 4.98 Å². The van der Waals surface area contributed by atoms with Crippen LogP contribution in [0.3, 0.4) is 0 Å². The SMILES string of the molecule is CCCCCCCCCn1c(N2CCCCC2)nc2c1c(=O)[nH]c(=O)n2C. The van der Waals surface area contributed by atoms with E-state index in [-0.39, 0.29) is 5.56 Å². The number of anilines is 1. The Morgan fingerprint density at radius 2 is 1.63 bits per heavy atom. The number of unbranched alkanes of at least 4 members (excludes halogenated alkanes) is 6. The van der Waals surface area contributed by atoms with Crippen LogP contribution in [-0.4, -0.2) is 32.2 Å². The van der Waals surface area contributed by atoms with Crippen molar-refractivity contribution in [3.63, 3.8) is 0 Å². The molecule has 0 bridgehead atoms. The van der Waals surface area contributed by atoms with E-state index >= 15 is 0 Å². The summed E-state index contributed by atoms with van der Waals surface area (Å²) in [4.78, 5) is 33.9. The molecule has 3 heterocycles. The highest BCUT2D eigenvalue weighted by molar-refractivity contribution is 5.74. The number of hydrogen-bond acceptors (Lipinski definition) is 4. The molecule has 150 valence electrons. The van der Waals surface area contributed by atoms with Crippen molar-refractivity contribution in [2.45, 2.75) is 77.7 Å². The maximum absolute atomic E-state index is 12.5. The highest BCUT2D eigenvalue weighted by atomic mass is 16.2. The molecular weight excluding hydrogens is 342 g/mol. The van der Waals surface area contributed by atoms with Crippen LogP contribution in [-0.2, 0) is 13.6 Å². The van der Waals surface area contributed by atoms with Gasteiger partial charge in [0, 0.05) is 26.7 Å². The standard InChI is InChI=1S/C20H33N5O2/c1-3-4-5-6-7-8-12-15-25-16-17(23(2)20(27)22-18(16)26)21-19(25)24-13-10-9-11-14-24/h3-15H2,1-2H3,(H,22,26,27). The Morgan fingerprint density at radius 1 is 0.963 bits per heavy atom. The third-order valence-corrected chi connectivity index (χ3v) is 5.61. The van der Waals surface area contributed by atoms with E-state index in [1.807, 2.05) is 4.57 Å². The topological polar surface area (TPSA) is 75.9 Å². The lowest BCUT2D eigenvalue weighted by molar-refractivity contribution is 0.532. The largest absolute Gasteiger partial charge is 0.342 e. The van der Waals surface area contributed by atoms with Crippen molar-refractivity contribution >= 4 is 17.1 Å². The lowest BCUT2D eigenvalue weighted by Gasteiger charge is -2.28. The molecule has 7 nitrogen and oxygen atoms in total. The highest BCUT2D eigenvalue weighted by Crippen LogP contribution is 2.23. The van der Waals surface area contributed by atoms with Gasteiger partial charge in [0.25, 0.3) is 5.56 Å². The van der Waals surface area contributed by atoms with Gasteiger partial charge in [-0.1, -0.05) is 45.4 Å². The molecule has 0 atom stereocenters. The first-order valence-electron chi connectivity index (χ1n) is 10.6. The van der Waals surface area contributed by atoms with Crippen LogP contribution in [0.5, 0.6) is 0 Å². The molecule has 2 aromatic heterocycles. The average molecular weight is 376 g/mol. The van der Waals surface area contributed by atoms with Gasteiger partial charge in [-0.05, 0) is 25.7 Å². The van der Waals surface area contributed by atoms with Crippen molar-refractivity contribution in [3.05, 3.63) is 20.8 Å². The Bertz CT molecular complexity index is 858. The number of aryl methyl sites for hydroxylation is 2. The average Bonchev–Trinajstić information content (AvgIpc) is 3.06. The molecular formula is C20H33N5O2. The van der Waals surface area contributed by atoms with Crippen LogP contribution < -0.4 is 16.1 Å². The van der Waals surface area contributed by atoms with E-state index in [0.29, 0.717) is 11.2 Å². The fourth-order valence-corrected chi connectivity index (χ4v) is 4.00. The van der Waals surface area contributed by atoms with Gasteiger partial charge in [0.1, 0.15) is 0 Å². The van der Waals surface area contributed by atoms with Gasteiger partial charge in [0.15, 0.2) is 11.2 Å². The number of fused-ring (bicyclic) bond motifs is 1. The van der Waals surface area contributed by atoms with Gasteiger partial charge in [-0.15, -0.1) is 0 Å². The normalized spacial score (nSPS) is 15.0. The second kappa shape index (κ2) is 9.24. The van der Waals surface area contributed by atoms with Crippen LogP contribution in [0.4, 0.5) is 5.95 Å². The predicted octanol–water partition coefficient (Wildman–Crippen LogP) is 3.16. The zero-order valence-corrected chi connectivity index (χ0v) is 16.8. The molecule has 0 spiro atoms. The number of aromatic amines is 1.